The van der Waals surface area contributed by atoms with Gasteiger partial charge in [0.15, 0.2) is 11.6 Å². The first-order valence-corrected chi connectivity index (χ1v) is 6.32. The van der Waals surface area contributed by atoms with Crippen molar-refractivity contribution in [3.63, 3.8) is 0 Å². The molecule has 0 aliphatic rings. The number of nitrogens with zero attached hydrogens (tertiary/aromatic N) is 3. The maximum atomic E-state index is 5.59. The van der Waals surface area contributed by atoms with Crippen molar-refractivity contribution in [3.8, 4) is 11.4 Å². The van der Waals surface area contributed by atoms with E-state index >= 15 is 0 Å². The molecule has 2 N–H and O–H groups in total. The van der Waals surface area contributed by atoms with Crippen LogP contribution in [0.4, 0.5) is 0 Å². The molecule has 1 aromatic carbocycles. The molecule has 96 valence electrons. The molecule has 1 aromatic heterocycles. The first-order valence-electron chi connectivity index (χ1n) is 6.32. The second kappa shape index (κ2) is 5.31. The van der Waals surface area contributed by atoms with Crippen molar-refractivity contribution in [2.45, 2.75) is 26.2 Å². The van der Waals surface area contributed by atoms with Crippen LogP contribution in [0, 0.1) is 0 Å². The number of rotatable bonds is 4. The molecule has 0 bridgehead atoms. The van der Waals surface area contributed by atoms with E-state index < -0.39 is 0 Å². The average Bonchev–Trinajstić information content (AvgIpc) is 2.72. The van der Waals surface area contributed by atoms with Gasteiger partial charge in [-0.25, -0.2) is 9.67 Å². The fraction of sp³-hybridized carbons (Fsp3) is 0.429. The first-order chi connectivity index (χ1) is 8.61. The van der Waals surface area contributed by atoms with Gasteiger partial charge in [0.2, 0.25) is 0 Å². The summed E-state index contributed by atoms with van der Waals surface area (Å²) in [6.07, 6.45) is 0.892. The molecule has 4 nitrogen and oxygen atoms in total. The van der Waals surface area contributed by atoms with Crippen molar-refractivity contribution < 1.29 is 0 Å². The molecule has 18 heavy (non-hydrogen) atoms. The highest BCUT2D eigenvalue weighted by Crippen LogP contribution is 2.20. The van der Waals surface area contributed by atoms with Crippen LogP contribution in [0.3, 0.4) is 0 Å². The number of nitrogens with two attached hydrogens (primary N) is 1. The normalized spacial score (nSPS) is 11.2. The van der Waals surface area contributed by atoms with Crippen molar-refractivity contribution in [1.29, 1.82) is 0 Å². The largest absolute Gasteiger partial charge is 0.330 e. The van der Waals surface area contributed by atoms with Crippen LogP contribution in [0.2, 0.25) is 0 Å². The lowest BCUT2D eigenvalue weighted by atomic mass is 10.1. The van der Waals surface area contributed by atoms with E-state index in [-0.39, 0.29) is 0 Å². The van der Waals surface area contributed by atoms with Crippen LogP contribution in [0.1, 0.15) is 31.2 Å². The lowest BCUT2D eigenvalue weighted by Gasteiger charge is -2.03. The average molecular weight is 244 g/mol. The Kier molecular flexibility index (Phi) is 3.77. The number of aryl methyl sites for hydroxylation is 1. The topological polar surface area (TPSA) is 56.7 Å². The van der Waals surface area contributed by atoms with Crippen LogP contribution in [0.25, 0.3) is 11.4 Å². The summed E-state index contributed by atoms with van der Waals surface area (Å²) in [6, 6.07) is 8.34. The molecule has 2 aromatic rings. The maximum absolute atomic E-state index is 5.59. The van der Waals surface area contributed by atoms with Gasteiger partial charge in [0.05, 0.1) is 0 Å². The number of benzene rings is 1. The van der Waals surface area contributed by atoms with E-state index in [9.17, 15) is 0 Å². The summed E-state index contributed by atoms with van der Waals surface area (Å²) in [4.78, 5) is 4.60. The fourth-order valence-electron chi connectivity index (χ4n) is 1.93. The minimum absolute atomic E-state index is 0.345. The minimum atomic E-state index is 0.345. The smallest absolute Gasteiger partial charge is 0.158 e. The molecule has 0 fully saturated rings. The molecular weight excluding hydrogens is 224 g/mol. The molecular formula is C14H20N4. The first kappa shape index (κ1) is 12.8. The molecule has 0 unspecified atom stereocenters. The predicted molar refractivity (Wildman–Crippen MR) is 73.3 cm³/mol. The van der Waals surface area contributed by atoms with Gasteiger partial charge in [0, 0.05) is 18.5 Å². The van der Waals surface area contributed by atoms with Crippen LogP contribution >= 0.6 is 0 Å². The van der Waals surface area contributed by atoms with Gasteiger partial charge in [0.25, 0.3) is 0 Å². The van der Waals surface area contributed by atoms with Gasteiger partial charge < -0.3 is 5.73 Å². The van der Waals surface area contributed by atoms with E-state index in [2.05, 4.69) is 42.1 Å². The van der Waals surface area contributed by atoms with E-state index in [0.717, 1.165) is 23.6 Å². The third-order valence-corrected chi connectivity index (χ3v) is 2.91. The number of hydrogen-bond donors (Lipinski definition) is 1. The van der Waals surface area contributed by atoms with Crippen molar-refractivity contribution in [2.75, 3.05) is 6.54 Å². The van der Waals surface area contributed by atoms with E-state index in [1.807, 2.05) is 17.8 Å². The second-order valence-electron chi connectivity index (χ2n) is 4.81. The highest BCUT2D eigenvalue weighted by Gasteiger charge is 2.12. The minimum Gasteiger partial charge on any atom is -0.330 e. The van der Waals surface area contributed by atoms with E-state index in [1.54, 1.807) is 0 Å². The third-order valence-electron chi connectivity index (χ3n) is 2.91. The molecule has 2 rings (SSSR count). The lowest BCUT2D eigenvalue weighted by molar-refractivity contribution is 0.712. The Morgan fingerprint density at radius 1 is 1.33 bits per heavy atom. The van der Waals surface area contributed by atoms with Crippen molar-refractivity contribution in [2.24, 2.45) is 12.8 Å². The Labute approximate surface area is 108 Å². The summed E-state index contributed by atoms with van der Waals surface area (Å²) in [5.74, 6) is 2.14. The van der Waals surface area contributed by atoms with Crippen molar-refractivity contribution in [3.05, 3.63) is 35.7 Å². The number of hydrogen-bond acceptors (Lipinski definition) is 3. The summed E-state index contributed by atoms with van der Waals surface area (Å²) in [5.41, 5.74) is 7.93. The monoisotopic (exact) mass is 244 g/mol. The highest BCUT2D eigenvalue weighted by atomic mass is 15.3. The Balaban J connectivity index is 2.38. The van der Waals surface area contributed by atoms with Crippen LogP contribution in [-0.4, -0.2) is 21.3 Å². The Morgan fingerprint density at radius 3 is 2.72 bits per heavy atom. The SMILES string of the molecule is CC(C)c1nc(-c2cccc(CCN)c2)n(C)n1. The van der Waals surface area contributed by atoms with E-state index in [4.69, 9.17) is 5.73 Å². The third kappa shape index (κ3) is 2.59. The van der Waals surface area contributed by atoms with Gasteiger partial charge in [0.1, 0.15) is 0 Å². The predicted octanol–water partition coefficient (Wildman–Crippen LogP) is 2.11. The molecule has 0 atom stereocenters. The van der Waals surface area contributed by atoms with Gasteiger partial charge in [-0.3, -0.25) is 0 Å². The molecule has 1 heterocycles. The van der Waals surface area contributed by atoms with Gasteiger partial charge >= 0.3 is 0 Å². The van der Waals surface area contributed by atoms with Gasteiger partial charge in [-0.05, 0) is 24.6 Å². The van der Waals surface area contributed by atoms with E-state index in [1.165, 1.54) is 5.56 Å². The molecule has 0 saturated heterocycles. The quantitative estimate of drug-likeness (QED) is 0.896. The molecule has 0 aliphatic carbocycles. The molecule has 4 heteroatoms. The van der Waals surface area contributed by atoms with Gasteiger partial charge in [-0.2, -0.15) is 5.10 Å². The summed E-state index contributed by atoms with van der Waals surface area (Å²) in [5, 5.41) is 4.44. The van der Waals surface area contributed by atoms with E-state index in [0.29, 0.717) is 12.5 Å². The zero-order valence-corrected chi connectivity index (χ0v) is 11.2. The second-order valence-corrected chi connectivity index (χ2v) is 4.81. The standard InChI is InChI=1S/C14H20N4/c1-10(2)13-16-14(18(3)17-13)12-6-4-5-11(9-12)7-8-15/h4-6,9-10H,7-8,15H2,1-3H3. The Morgan fingerprint density at radius 2 is 2.11 bits per heavy atom. The Bertz CT molecular complexity index is 528. The number of aromatic nitrogens is 3. The van der Waals surface area contributed by atoms with Gasteiger partial charge in [-0.1, -0.05) is 32.0 Å². The molecule has 0 amide bonds. The zero-order valence-electron chi connectivity index (χ0n) is 11.2. The molecule has 0 saturated carbocycles. The summed E-state index contributed by atoms with van der Waals surface area (Å²) >= 11 is 0. The zero-order chi connectivity index (χ0) is 13.1. The van der Waals surface area contributed by atoms with Crippen LogP contribution < -0.4 is 5.73 Å². The highest BCUT2D eigenvalue weighted by molar-refractivity contribution is 5.56. The van der Waals surface area contributed by atoms with Crippen LogP contribution in [-0.2, 0) is 13.5 Å². The van der Waals surface area contributed by atoms with Crippen LogP contribution in [0.5, 0.6) is 0 Å². The van der Waals surface area contributed by atoms with Crippen LogP contribution in [0.15, 0.2) is 24.3 Å². The molecule has 0 spiro atoms. The lowest BCUT2D eigenvalue weighted by Crippen LogP contribution is -2.03. The summed E-state index contributed by atoms with van der Waals surface area (Å²) in [6.45, 7) is 4.87. The van der Waals surface area contributed by atoms with Crippen molar-refractivity contribution >= 4 is 0 Å². The molecule has 0 radical (unpaired) electrons. The summed E-state index contributed by atoms with van der Waals surface area (Å²) in [7, 11) is 1.93. The van der Waals surface area contributed by atoms with Crippen molar-refractivity contribution in [1.82, 2.24) is 14.8 Å². The fourth-order valence-corrected chi connectivity index (χ4v) is 1.93. The maximum Gasteiger partial charge on any atom is 0.158 e. The molecule has 0 aliphatic heterocycles. The summed E-state index contributed by atoms with van der Waals surface area (Å²) < 4.78 is 1.84. The van der Waals surface area contributed by atoms with Gasteiger partial charge in [-0.15, -0.1) is 0 Å². The Hall–Kier alpha value is -1.68.